The maximum Gasteiger partial charge on any atom is 0.144 e. The van der Waals surface area contributed by atoms with Crippen molar-refractivity contribution >= 4 is 23.0 Å². The number of nitrogens with one attached hydrogen (secondary N) is 1. The number of aliphatic hydroxyl groups excluding tert-OH is 1. The van der Waals surface area contributed by atoms with Gasteiger partial charge in [0.2, 0.25) is 0 Å². The van der Waals surface area contributed by atoms with Crippen molar-refractivity contribution in [1.29, 1.82) is 0 Å². The van der Waals surface area contributed by atoms with E-state index in [1.165, 1.54) is 0 Å². The first-order valence-corrected chi connectivity index (χ1v) is 6.33. The molecule has 0 spiro atoms. The lowest BCUT2D eigenvalue weighted by Gasteiger charge is -2.11. The second-order valence-corrected chi connectivity index (χ2v) is 4.63. The smallest absolute Gasteiger partial charge is 0.144 e. The molecule has 1 aromatic heterocycles. The van der Waals surface area contributed by atoms with Crippen molar-refractivity contribution in [3.63, 3.8) is 0 Å². The molecular formula is C14H12ClN3O. The van der Waals surface area contributed by atoms with Gasteiger partial charge in [-0.25, -0.2) is 4.98 Å². The monoisotopic (exact) mass is 273 g/mol. The molecule has 0 radical (unpaired) electrons. The Kier molecular flexibility index (Phi) is 3.19. The Morgan fingerprint density at radius 3 is 2.74 bits per heavy atom. The molecule has 19 heavy (non-hydrogen) atoms. The van der Waals surface area contributed by atoms with E-state index < -0.39 is 6.23 Å². The Morgan fingerprint density at radius 1 is 1.16 bits per heavy atom. The highest BCUT2D eigenvalue weighted by Crippen LogP contribution is 2.23. The van der Waals surface area contributed by atoms with Gasteiger partial charge in [0.15, 0.2) is 0 Å². The Bertz CT molecular complexity index is 628. The van der Waals surface area contributed by atoms with Crippen LogP contribution in [-0.4, -0.2) is 28.6 Å². The number of aliphatic hydroxyl groups is 1. The van der Waals surface area contributed by atoms with Crippen LogP contribution in [-0.2, 0) is 0 Å². The van der Waals surface area contributed by atoms with E-state index in [4.69, 9.17) is 11.6 Å². The first-order valence-electron chi connectivity index (χ1n) is 5.95. The molecule has 0 saturated carbocycles. The van der Waals surface area contributed by atoms with Crippen molar-refractivity contribution < 1.29 is 5.11 Å². The van der Waals surface area contributed by atoms with Crippen molar-refractivity contribution in [2.24, 2.45) is 4.99 Å². The Morgan fingerprint density at radius 2 is 1.95 bits per heavy atom. The molecule has 1 aliphatic rings. The average molecular weight is 274 g/mol. The number of nitrogens with zero attached hydrogens (tertiary/aromatic N) is 2. The molecular weight excluding hydrogens is 262 g/mol. The van der Waals surface area contributed by atoms with Gasteiger partial charge < -0.3 is 10.4 Å². The van der Waals surface area contributed by atoms with Crippen molar-refractivity contribution in [1.82, 2.24) is 4.98 Å². The highest BCUT2D eigenvalue weighted by atomic mass is 35.5. The summed E-state index contributed by atoms with van der Waals surface area (Å²) < 4.78 is 0. The fraction of sp³-hybridized carbons (Fsp3) is 0.143. The zero-order chi connectivity index (χ0) is 13.2. The lowest BCUT2D eigenvalue weighted by Crippen LogP contribution is -2.21. The number of benzene rings is 1. The lowest BCUT2D eigenvalue weighted by atomic mass is 10.1. The van der Waals surface area contributed by atoms with E-state index >= 15 is 0 Å². The van der Waals surface area contributed by atoms with Crippen LogP contribution in [0.2, 0.25) is 5.15 Å². The number of rotatable bonds is 1. The molecule has 0 bridgehead atoms. The zero-order valence-corrected chi connectivity index (χ0v) is 10.8. The van der Waals surface area contributed by atoms with Gasteiger partial charge in [-0.2, -0.15) is 0 Å². The Labute approximate surface area is 115 Å². The molecule has 0 saturated heterocycles. The molecule has 5 heteroatoms. The van der Waals surface area contributed by atoms with Gasteiger partial charge in [0, 0.05) is 5.56 Å². The van der Waals surface area contributed by atoms with Gasteiger partial charge in [0.1, 0.15) is 17.1 Å². The van der Waals surface area contributed by atoms with Crippen molar-refractivity contribution in [2.75, 3.05) is 11.9 Å². The van der Waals surface area contributed by atoms with Crippen LogP contribution >= 0.6 is 11.6 Å². The SMILES string of the molecule is OC1CN=C(c2ccccc2)c2nc(Cl)ccc2N1. The first kappa shape index (κ1) is 12.1. The summed E-state index contributed by atoms with van der Waals surface area (Å²) in [5.74, 6) is 0. The molecule has 1 aromatic carbocycles. The molecule has 1 aliphatic heterocycles. The van der Waals surface area contributed by atoms with E-state index in [-0.39, 0.29) is 6.54 Å². The second kappa shape index (κ2) is 4.99. The highest BCUT2D eigenvalue weighted by Gasteiger charge is 2.19. The highest BCUT2D eigenvalue weighted by molar-refractivity contribution is 6.30. The van der Waals surface area contributed by atoms with Crippen LogP contribution in [0.3, 0.4) is 0 Å². The summed E-state index contributed by atoms with van der Waals surface area (Å²) in [6.07, 6.45) is -0.720. The van der Waals surface area contributed by atoms with Crippen molar-refractivity contribution in [3.05, 3.63) is 58.9 Å². The summed E-state index contributed by atoms with van der Waals surface area (Å²) in [7, 11) is 0. The number of anilines is 1. The molecule has 2 heterocycles. The second-order valence-electron chi connectivity index (χ2n) is 4.25. The molecule has 1 unspecified atom stereocenters. The zero-order valence-electron chi connectivity index (χ0n) is 10.0. The summed E-state index contributed by atoms with van der Waals surface area (Å²) in [6.45, 7) is 0.276. The molecule has 0 aliphatic carbocycles. The third kappa shape index (κ3) is 2.45. The van der Waals surface area contributed by atoms with Crippen LogP contribution < -0.4 is 5.32 Å². The third-order valence-corrected chi connectivity index (χ3v) is 3.09. The molecule has 0 fully saturated rings. The van der Waals surface area contributed by atoms with E-state index in [2.05, 4.69) is 15.3 Å². The van der Waals surface area contributed by atoms with Gasteiger partial charge >= 0.3 is 0 Å². The molecule has 96 valence electrons. The topological polar surface area (TPSA) is 57.5 Å². The third-order valence-electron chi connectivity index (χ3n) is 2.88. The summed E-state index contributed by atoms with van der Waals surface area (Å²) >= 11 is 5.96. The normalized spacial score (nSPS) is 18.0. The van der Waals surface area contributed by atoms with Gasteiger partial charge in [-0.15, -0.1) is 0 Å². The van der Waals surface area contributed by atoms with Crippen LogP contribution in [0.4, 0.5) is 5.69 Å². The van der Waals surface area contributed by atoms with Crippen molar-refractivity contribution in [3.8, 4) is 0 Å². The number of hydrogen-bond acceptors (Lipinski definition) is 4. The Balaban J connectivity index is 2.17. The van der Waals surface area contributed by atoms with Gasteiger partial charge in [-0.1, -0.05) is 41.9 Å². The van der Waals surface area contributed by atoms with Crippen molar-refractivity contribution in [2.45, 2.75) is 6.23 Å². The molecule has 0 amide bonds. The standard InChI is InChI=1S/C14H12ClN3O/c15-11-7-6-10-14(18-11)13(16-8-12(19)17-10)9-4-2-1-3-5-9/h1-7,12,17,19H,8H2. The molecule has 2 N–H and O–H groups in total. The van der Waals surface area contributed by atoms with E-state index in [9.17, 15) is 5.11 Å². The number of aromatic nitrogens is 1. The minimum Gasteiger partial charge on any atom is -0.372 e. The average Bonchev–Trinajstić information content (AvgIpc) is 2.58. The minimum atomic E-state index is -0.720. The summed E-state index contributed by atoms with van der Waals surface area (Å²) in [6, 6.07) is 13.2. The van der Waals surface area contributed by atoms with E-state index in [1.807, 2.05) is 30.3 Å². The number of hydrogen-bond donors (Lipinski definition) is 2. The molecule has 3 rings (SSSR count). The molecule has 4 nitrogen and oxygen atoms in total. The molecule has 1 atom stereocenters. The fourth-order valence-electron chi connectivity index (χ4n) is 2.03. The molecule has 2 aromatic rings. The van der Waals surface area contributed by atoms with Gasteiger partial charge in [-0.05, 0) is 12.1 Å². The number of pyridine rings is 1. The first-order chi connectivity index (χ1) is 9.24. The number of fused-ring (bicyclic) bond motifs is 1. The number of aliphatic imine (C=N–C) groups is 1. The predicted molar refractivity (Wildman–Crippen MR) is 75.8 cm³/mol. The fourth-order valence-corrected chi connectivity index (χ4v) is 2.18. The van der Waals surface area contributed by atoms with Crippen LogP contribution in [0.25, 0.3) is 0 Å². The van der Waals surface area contributed by atoms with E-state index in [0.29, 0.717) is 10.8 Å². The van der Waals surface area contributed by atoms with Crippen LogP contribution in [0.5, 0.6) is 0 Å². The van der Waals surface area contributed by atoms with Crippen LogP contribution in [0, 0.1) is 0 Å². The van der Waals surface area contributed by atoms with E-state index in [0.717, 1.165) is 17.0 Å². The van der Waals surface area contributed by atoms with Crippen LogP contribution in [0.1, 0.15) is 11.3 Å². The largest absolute Gasteiger partial charge is 0.372 e. The maximum absolute atomic E-state index is 9.79. The number of halogens is 1. The predicted octanol–water partition coefficient (Wildman–Crippen LogP) is 2.32. The Hall–Kier alpha value is -1.91. The summed E-state index contributed by atoms with van der Waals surface area (Å²) in [5.41, 5.74) is 3.09. The van der Waals surface area contributed by atoms with Crippen LogP contribution in [0.15, 0.2) is 47.5 Å². The van der Waals surface area contributed by atoms with E-state index in [1.54, 1.807) is 12.1 Å². The lowest BCUT2D eigenvalue weighted by molar-refractivity contribution is 0.213. The van der Waals surface area contributed by atoms with Gasteiger partial charge in [0.25, 0.3) is 0 Å². The minimum absolute atomic E-state index is 0.276. The summed E-state index contributed by atoms with van der Waals surface area (Å²) in [4.78, 5) is 8.77. The summed E-state index contributed by atoms with van der Waals surface area (Å²) in [5, 5.41) is 13.2. The van der Waals surface area contributed by atoms with Gasteiger partial charge in [-0.3, -0.25) is 4.99 Å². The van der Waals surface area contributed by atoms with Gasteiger partial charge in [0.05, 0.1) is 17.9 Å². The quantitative estimate of drug-likeness (QED) is 0.784. The maximum atomic E-state index is 9.79.